The lowest BCUT2D eigenvalue weighted by Gasteiger charge is -2.22. The van der Waals surface area contributed by atoms with Crippen molar-refractivity contribution in [1.82, 2.24) is 0 Å². The first-order valence-corrected chi connectivity index (χ1v) is 5.82. The molecule has 1 heterocycles. The Morgan fingerprint density at radius 2 is 2.07 bits per heavy atom. The van der Waals surface area contributed by atoms with Crippen LogP contribution in [-0.2, 0) is 14.6 Å². The number of sulfone groups is 1. The molecular formula is C9H8FNO3S. The van der Waals surface area contributed by atoms with E-state index < -0.39 is 26.8 Å². The molecule has 1 aromatic rings. The summed E-state index contributed by atoms with van der Waals surface area (Å²) >= 11 is 0. The summed E-state index contributed by atoms with van der Waals surface area (Å²) in [5.74, 6) is -1.44. The molecule has 6 heteroatoms. The number of rotatable bonds is 0. The smallest absolute Gasteiger partial charge is 0.242 e. The van der Waals surface area contributed by atoms with Crippen molar-refractivity contribution in [2.24, 2.45) is 0 Å². The van der Waals surface area contributed by atoms with E-state index in [-0.39, 0.29) is 10.6 Å². The number of carbonyl (C=O) groups is 1. The Bertz CT molecular complexity index is 538. The quantitative estimate of drug-likeness (QED) is 0.720. The second-order valence-corrected chi connectivity index (χ2v) is 5.53. The van der Waals surface area contributed by atoms with Crippen LogP contribution >= 0.6 is 0 Å². The predicted octanol–water partition coefficient (Wildman–Crippen LogP) is 0.940. The number of para-hydroxylation sites is 1. The molecule has 0 fully saturated rings. The van der Waals surface area contributed by atoms with Gasteiger partial charge in [-0.15, -0.1) is 0 Å². The Labute approximate surface area is 86.0 Å². The maximum absolute atomic E-state index is 13.2. The zero-order valence-electron chi connectivity index (χ0n) is 7.82. The summed E-state index contributed by atoms with van der Waals surface area (Å²) in [7, 11) is -3.74. The molecule has 0 aromatic heterocycles. The third kappa shape index (κ3) is 1.32. The van der Waals surface area contributed by atoms with Crippen LogP contribution in [0.1, 0.15) is 6.92 Å². The minimum absolute atomic E-state index is 0.158. The lowest BCUT2D eigenvalue weighted by atomic mass is 10.3. The van der Waals surface area contributed by atoms with Crippen molar-refractivity contribution in [3.8, 4) is 0 Å². The summed E-state index contributed by atoms with van der Waals surface area (Å²) in [5.41, 5.74) is -0.249. The summed E-state index contributed by atoms with van der Waals surface area (Å²) in [4.78, 5) is 11.1. The molecule has 2 rings (SSSR count). The summed E-state index contributed by atoms with van der Waals surface area (Å²) < 4.78 is 36.7. The molecule has 80 valence electrons. The van der Waals surface area contributed by atoms with E-state index in [1.54, 1.807) is 0 Å². The first kappa shape index (κ1) is 10.1. The Kier molecular flexibility index (Phi) is 2.04. The van der Waals surface area contributed by atoms with E-state index in [2.05, 4.69) is 5.32 Å². The fourth-order valence-electron chi connectivity index (χ4n) is 1.42. The molecule has 1 unspecified atom stereocenters. The van der Waals surface area contributed by atoms with Gasteiger partial charge in [-0.2, -0.15) is 0 Å². The molecule has 1 amide bonds. The molecule has 1 aliphatic rings. The number of amides is 1. The van der Waals surface area contributed by atoms with Gasteiger partial charge >= 0.3 is 0 Å². The van der Waals surface area contributed by atoms with Crippen molar-refractivity contribution in [2.75, 3.05) is 5.32 Å². The van der Waals surface area contributed by atoms with Crippen molar-refractivity contribution in [1.29, 1.82) is 0 Å². The first-order chi connectivity index (χ1) is 6.94. The zero-order valence-corrected chi connectivity index (χ0v) is 8.64. The average Bonchev–Trinajstić information content (AvgIpc) is 2.17. The molecule has 0 aliphatic carbocycles. The molecule has 0 saturated heterocycles. The van der Waals surface area contributed by atoms with Crippen molar-refractivity contribution < 1.29 is 17.6 Å². The van der Waals surface area contributed by atoms with Crippen molar-refractivity contribution >= 4 is 21.4 Å². The third-order valence-corrected chi connectivity index (χ3v) is 4.46. The van der Waals surface area contributed by atoms with Gasteiger partial charge in [0.05, 0.1) is 10.6 Å². The van der Waals surface area contributed by atoms with Crippen LogP contribution in [0.25, 0.3) is 0 Å². The Morgan fingerprint density at radius 3 is 2.73 bits per heavy atom. The molecule has 0 bridgehead atoms. The number of benzene rings is 1. The highest BCUT2D eigenvalue weighted by Gasteiger charge is 2.37. The van der Waals surface area contributed by atoms with Crippen LogP contribution in [0, 0.1) is 5.82 Å². The second-order valence-electron chi connectivity index (χ2n) is 3.29. The lowest BCUT2D eigenvalue weighted by Crippen LogP contribution is -2.38. The van der Waals surface area contributed by atoms with E-state index in [9.17, 15) is 17.6 Å². The van der Waals surface area contributed by atoms with Gasteiger partial charge in [0.2, 0.25) is 5.91 Å². The SMILES string of the molecule is CC1C(=O)Nc2c(F)cccc2S1(=O)=O. The van der Waals surface area contributed by atoms with Crippen molar-refractivity contribution in [2.45, 2.75) is 17.1 Å². The summed E-state index contributed by atoms with van der Waals surface area (Å²) in [6.07, 6.45) is 0. The largest absolute Gasteiger partial charge is 0.321 e. The number of nitrogens with one attached hydrogen (secondary N) is 1. The molecule has 0 radical (unpaired) electrons. The van der Waals surface area contributed by atoms with E-state index in [1.165, 1.54) is 19.1 Å². The van der Waals surface area contributed by atoms with Crippen molar-refractivity contribution in [3.63, 3.8) is 0 Å². The van der Waals surface area contributed by atoms with E-state index in [4.69, 9.17) is 0 Å². The molecule has 4 nitrogen and oxygen atoms in total. The standard InChI is InChI=1S/C9H8FNO3S/c1-5-9(12)11-8-6(10)3-2-4-7(8)15(5,13)14/h2-5H,1H3,(H,11,12). The molecule has 1 aliphatic heterocycles. The van der Waals surface area contributed by atoms with E-state index >= 15 is 0 Å². The van der Waals surface area contributed by atoms with Crippen LogP contribution in [0.5, 0.6) is 0 Å². The molecule has 1 atom stereocenters. The summed E-state index contributed by atoms with van der Waals surface area (Å²) in [5, 5.41) is 1.07. The summed E-state index contributed by atoms with van der Waals surface area (Å²) in [6.45, 7) is 1.28. The van der Waals surface area contributed by atoms with Gasteiger partial charge in [-0.05, 0) is 19.1 Å². The topological polar surface area (TPSA) is 63.2 Å². The zero-order chi connectivity index (χ0) is 11.2. The van der Waals surface area contributed by atoms with Crippen LogP contribution in [0.4, 0.5) is 10.1 Å². The number of fused-ring (bicyclic) bond motifs is 1. The predicted molar refractivity (Wildman–Crippen MR) is 51.7 cm³/mol. The monoisotopic (exact) mass is 229 g/mol. The van der Waals surface area contributed by atoms with Crippen LogP contribution in [-0.4, -0.2) is 19.6 Å². The van der Waals surface area contributed by atoms with Gasteiger partial charge < -0.3 is 5.32 Å². The maximum atomic E-state index is 13.2. The molecule has 0 saturated carbocycles. The highest BCUT2D eigenvalue weighted by atomic mass is 32.2. The Hall–Kier alpha value is -1.43. The van der Waals surface area contributed by atoms with E-state index in [1.807, 2.05) is 0 Å². The molecule has 15 heavy (non-hydrogen) atoms. The van der Waals surface area contributed by atoms with E-state index in [0.29, 0.717) is 0 Å². The third-order valence-electron chi connectivity index (χ3n) is 2.36. The van der Waals surface area contributed by atoms with Gasteiger partial charge in [-0.25, -0.2) is 12.8 Å². The number of halogens is 1. The average molecular weight is 229 g/mol. The fourth-order valence-corrected chi connectivity index (χ4v) is 2.84. The van der Waals surface area contributed by atoms with Gasteiger partial charge in [0.25, 0.3) is 0 Å². The van der Waals surface area contributed by atoms with Crippen molar-refractivity contribution in [3.05, 3.63) is 24.0 Å². The molecule has 1 N–H and O–H groups in total. The van der Waals surface area contributed by atoms with Crippen LogP contribution in [0.2, 0.25) is 0 Å². The first-order valence-electron chi connectivity index (χ1n) is 4.28. The molecular weight excluding hydrogens is 221 g/mol. The van der Waals surface area contributed by atoms with Crippen LogP contribution in [0.15, 0.2) is 23.1 Å². The minimum atomic E-state index is -3.74. The number of hydrogen-bond donors (Lipinski definition) is 1. The number of hydrogen-bond acceptors (Lipinski definition) is 3. The maximum Gasteiger partial charge on any atom is 0.242 e. The van der Waals surface area contributed by atoms with Crippen LogP contribution in [0.3, 0.4) is 0 Å². The van der Waals surface area contributed by atoms with Crippen LogP contribution < -0.4 is 5.32 Å². The van der Waals surface area contributed by atoms with Gasteiger partial charge in [0.1, 0.15) is 11.1 Å². The highest BCUT2D eigenvalue weighted by Crippen LogP contribution is 2.31. The Morgan fingerprint density at radius 1 is 1.40 bits per heavy atom. The fraction of sp³-hybridized carbons (Fsp3) is 0.222. The second kappa shape index (κ2) is 3.03. The number of anilines is 1. The van der Waals surface area contributed by atoms with Gasteiger partial charge in [-0.1, -0.05) is 6.07 Å². The lowest BCUT2D eigenvalue weighted by molar-refractivity contribution is -0.115. The van der Waals surface area contributed by atoms with Gasteiger partial charge in [0.15, 0.2) is 9.84 Å². The summed E-state index contributed by atoms with van der Waals surface area (Å²) in [6, 6.07) is 3.68. The Balaban J connectivity index is 2.78. The van der Waals surface area contributed by atoms with Gasteiger partial charge in [-0.3, -0.25) is 4.79 Å². The normalized spacial score (nSPS) is 23.1. The van der Waals surface area contributed by atoms with E-state index in [0.717, 1.165) is 6.07 Å². The molecule has 1 aromatic carbocycles. The number of carbonyl (C=O) groups excluding carboxylic acids is 1. The minimum Gasteiger partial charge on any atom is -0.321 e. The van der Waals surface area contributed by atoms with Gasteiger partial charge in [0, 0.05) is 0 Å². The highest BCUT2D eigenvalue weighted by molar-refractivity contribution is 7.93. The molecule has 0 spiro atoms.